The molecular weight excluding hydrogens is 246 g/mol. The zero-order valence-corrected chi connectivity index (χ0v) is 11.3. The number of nitrogens with one attached hydrogen (secondary N) is 1. The molecule has 1 aromatic carbocycles. The van der Waals surface area contributed by atoms with Crippen molar-refractivity contribution in [2.75, 3.05) is 32.7 Å². The van der Waals surface area contributed by atoms with Crippen molar-refractivity contribution >= 4 is 0 Å². The van der Waals surface area contributed by atoms with Crippen LogP contribution in [0, 0.1) is 11.6 Å². The lowest BCUT2D eigenvalue weighted by molar-refractivity contribution is 0.331. The van der Waals surface area contributed by atoms with Gasteiger partial charge in [0.2, 0.25) is 0 Å². The number of halogens is 2. The van der Waals surface area contributed by atoms with E-state index in [1.54, 1.807) is 6.07 Å². The minimum Gasteiger partial charge on any atom is -0.316 e. The van der Waals surface area contributed by atoms with Gasteiger partial charge in [-0.3, -0.25) is 0 Å². The monoisotopic (exact) mass is 268 g/mol. The summed E-state index contributed by atoms with van der Waals surface area (Å²) >= 11 is 0. The Balaban J connectivity index is 1.54. The molecule has 1 N–H and O–H groups in total. The maximum atomic E-state index is 13.0. The molecule has 0 bridgehead atoms. The van der Waals surface area contributed by atoms with Crippen molar-refractivity contribution in [2.24, 2.45) is 0 Å². The number of rotatable bonds is 7. The Hall–Kier alpha value is -1.00. The fraction of sp³-hybridized carbons (Fsp3) is 0.600. The molecule has 0 unspecified atom stereocenters. The van der Waals surface area contributed by atoms with Gasteiger partial charge < -0.3 is 10.2 Å². The maximum absolute atomic E-state index is 13.0. The highest BCUT2D eigenvalue weighted by Gasteiger charge is 2.09. The lowest BCUT2D eigenvalue weighted by Gasteiger charge is -2.14. The van der Waals surface area contributed by atoms with E-state index in [1.165, 1.54) is 38.1 Å². The second-order valence-electron chi connectivity index (χ2n) is 5.15. The predicted octanol–water partition coefficient (Wildman–Crippen LogP) is 2.58. The van der Waals surface area contributed by atoms with Gasteiger partial charge in [-0.1, -0.05) is 6.07 Å². The maximum Gasteiger partial charge on any atom is 0.159 e. The van der Waals surface area contributed by atoms with Crippen LogP contribution in [0.15, 0.2) is 18.2 Å². The molecule has 0 spiro atoms. The van der Waals surface area contributed by atoms with Gasteiger partial charge in [-0.25, -0.2) is 8.78 Å². The normalized spacial score (nSPS) is 16.1. The van der Waals surface area contributed by atoms with Crippen LogP contribution < -0.4 is 5.32 Å². The Morgan fingerprint density at radius 3 is 2.58 bits per heavy atom. The molecule has 0 aliphatic carbocycles. The Labute approximate surface area is 113 Å². The first-order valence-corrected chi connectivity index (χ1v) is 7.13. The van der Waals surface area contributed by atoms with Gasteiger partial charge in [-0.05, 0) is 76.1 Å². The second-order valence-corrected chi connectivity index (χ2v) is 5.15. The first kappa shape index (κ1) is 14.4. The third kappa shape index (κ3) is 4.88. The zero-order valence-electron chi connectivity index (χ0n) is 11.3. The molecule has 0 saturated carbocycles. The van der Waals surface area contributed by atoms with Gasteiger partial charge in [-0.15, -0.1) is 0 Å². The van der Waals surface area contributed by atoms with Crippen LogP contribution in [-0.4, -0.2) is 37.6 Å². The summed E-state index contributed by atoms with van der Waals surface area (Å²) in [4.78, 5) is 2.50. The SMILES string of the molecule is Fc1ccc(CCNCCCN2CCCC2)cc1F. The Morgan fingerprint density at radius 2 is 1.84 bits per heavy atom. The molecule has 1 aliphatic heterocycles. The average Bonchev–Trinajstić information content (AvgIpc) is 2.91. The average molecular weight is 268 g/mol. The molecule has 19 heavy (non-hydrogen) atoms. The topological polar surface area (TPSA) is 15.3 Å². The van der Waals surface area contributed by atoms with Crippen LogP contribution in [0.3, 0.4) is 0 Å². The highest BCUT2D eigenvalue weighted by Crippen LogP contribution is 2.09. The van der Waals surface area contributed by atoms with Gasteiger partial charge in [0.1, 0.15) is 0 Å². The zero-order chi connectivity index (χ0) is 13.5. The number of benzene rings is 1. The van der Waals surface area contributed by atoms with Crippen LogP contribution in [0.5, 0.6) is 0 Å². The molecule has 0 amide bonds. The van der Waals surface area contributed by atoms with Crippen molar-refractivity contribution in [2.45, 2.75) is 25.7 Å². The Bertz CT molecular complexity index is 390. The van der Waals surface area contributed by atoms with E-state index in [-0.39, 0.29) is 0 Å². The van der Waals surface area contributed by atoms with Crippen molar-refractivity contribution in [3.05, 3.63) is 35.4 Å². The van der Waals surface area contributed by atoms with E-state index in [9.17, 15) is 8.78 Å². The van der Waals surface area contributed by atoms with E-state index in [1.807, 2.05) is 0 Å². The lowest BCUT2D eigenvalue weighted by atomic mass is 10.1. The molecular formula is C15H22F2N2. The Kier molecular flexibility index (Phi) is 5.73. The summed E-state index contributed by atoms with van der Waals surface area (Å²) in [6, 6.07) is 4.11. The van der Waals surface area contributed by atoms with E-state index < -0.39 is 11.6 Å². The van der Waals surface area contributed by atoms with Gasteiger partial charge in [0.25, 0.3) is 0 Å². The van der Waals surface area contributed by atoms with Crippen molar-refractivity contribution in [1.82, 2.24) is 10.2 Å². The number of hydrogen-bond donors (Lipinski definition) is 1. The summed E-state index contributed by atoms with van der Waals surface area (Å²) in [6.45, 7) is 5.45. The van der Waals surface area contributed by atoms with Crippen molar-refractivity contribution in [3.63, 3.8) is 0 Å². The van der Waals surface area contributed by atoms with E-state index in [0.29, 0.717) is 0 Å². The van der Waals surface area contributed by atoms with Crippen LogP contribution >= 0.6 is 0 Å². The van der Waals surface area contributed by atoms with Crippen LogP contribution in [-0.2, 0) is 6.42 Å². The van der Waals surface area contributed by atoms with E-state index in [2.05, 4.69) is 10.2 Å². The fourth-order valence-electron chi connectivity index (χ4n) is 2.49. The quantitative estimate of drug-likeness (QED) is 0.765. The van der Waals surface area contributed by atoms with Gasteiger partial charge in [0.15, 0.2) is 11.6 Å². The molecule has 0 aromatic heterocycles. The molecule has 2 rings (SSSR count). The van der Waals surface area contributed by atoms with E-state index in [4.69, 9.17) is 0 Å². The molecule has 1 heterocycles. The first-order valence-electron chi connectivity index (χ1n) is 7.13. The molecule has 106 valence electrons. The molecule has 4 heteroatoms. The van der Waals surface area contributed by atoms with Crippen molar-refractivity contribution in [1.29, 1.82) is 0 Å². The van der Waals surface area contributed by atoms with Crippen LogP contribution in [0.2, 0.25) is 0 Å². The summed E-state index contributed by atoms with van der Waals surface area (Å²) in [7, 11) is 0. The van der Waals surface area contributed by atoms with Crippen molar-refractivity contribution in [3.8, 4) is 0 Å². The third-order valence-electron chi connectivity index (χ3n) is 3.60. The summed E-state index contributed by atoms with van der Waals surface area (Å²) in [5, 5.41) is 3.35. The molecule has 1 aliphatic rings. The minimum atomic E-state index is -0.776. The highest BCUT2D eigenvalue weighted by molar-refractivity contribution is 5.17. The van der Waals surface area contributed by atoms with E-state index in [0.717, 1.165) is 38.0 Å². The smallest absolute Gasteiger partial charge is 0.159 e. The number of hydrogen-bond acceptors (Lipinski definition) is 2. The predicted molar refractivity (Wildman–Crippen MR) is 73.2 cm³/mol. The molecule has 0 radical (unpaired) electrons. The van der Waals surface area contributed by atoms with Gasteiger partial charge in [0.05, 0.1) is 0 Å². The second kappa shape index (κ2) is 7.56. The highest BCUT2D eigenvalue weighted by atomic mass is 19.2. The largest absolute Gasteiger partial charge is 0.316 e. The summed E-state index contributed by atoms with van der Waals surface area (Å²) in [6.07, 6.45) is 4.56. The number of likely N-dealkylation sites (tertiary alicyclic amines) is 1. The van der Waals surface area contributed by atoms with Gasteiger partial charge in [-0.2, -0.15) is 0 Å². The third-order valence-corrected chi connectivity index (χ3v) is 3.60. The molecule has 1 aromatic rings. The first-order chi connectivity index (χ1) is 9.25. The lowest BCUT2D eigenvalue weighted by Crippen LogP contribution is -2.25. The van der Waals surface area contributed by atoms with Crippen LogP contribution in [0.25, 0.3) is 0 Å². The molecule has 1 fully saturated rings. The summed E-state index contributed by atoms with van der Waals surface area (Å²) < 4.78 is 25.7. The van der Waals surface area contributed by atoms with Crippen LogP contribution in [0.4, 0.5) is 8.78 Å². The summed E-state index contributed by atoms with van der Waals surface area (Å²) in [5.41, 5.74) is 0.839. The van der Waals surface area contributed by atoms with E-state index >= 15 is 0 Å². The molecule has 0 atom stereocenters. The fourth-order valence-corrected chi connectivity index (χ4v) is 2.49. The van der Waals surface area contributed by atoms with Crippen molar-refractivity contribution < 1.29 is 8.78 Å². The minimum absolute atomic E-state index is 0.737. The Morgan fingerprint density at radius 1 is 1.05 bits per heavy atom. The summed E-state index contributed by atoms with van der Waals surface area (Å²) in [5.74, 6) is -1.53. The molecule has 2 nitrogen and oxygen atoms in total. The number of nitrogens with zero attached hydrogens (tertiary/aromatic N) is 1. The van der Waals surface area contributed by atoms with Gasteiger partial charge >= 0.3 is 0 Å². The van der Waals surface area contributed by atoms with Crippen LogP contribution in [0.1, 0.15) is 24.8 Å². The molecule has 1 saturated heterocycles. The van der Waals surface area contributed by atoms with Gasteiger partial charge in [0, 0.05) is 0 Å². The standard InChI is InChI=1S/C15H22F2N2/c16-14-5-4-13(12-15(14)17)6-8-18-7-3-11-19-9-1-2-10-19/h4-5,12,18H,1-3,6-11H2.